The summed E-state index contributed by atoms with van der Waals surface area (Å²) in [4.78, 5) is 0. The number of rotatable bonds is 2. The molecule has 2 aliphatic carbocycles. The summed E-state index contributed by atoms with van der Waals surface area (Å²) < 4.78 is 10.3. The average Bonchev–Trinajstić information content (AvgIpc) is 2.92. The molecule has 0 atom stereocenters. The number of hydrogen-bond donors (Lipinski definition) is 0. The van der Waals surface area contributed by atoms with Crippen LogP contribution in [0.25, 0.3) is 0 Å². The van der Waals surface area contributed by atoms with Gasteiger partial charge in [-0.15, -0.1) is 0 Å². The van der Waals surface area contributed by atoms with Crippen molar-refractivity contribution in [2.24, 2.45) is 0 Å². The summed E-state index contributed by atoms with van der Waals surface area (Å²) in [6, 6.07) is 0. The van der Waals surface area contributed by atoms with Gasteiger partial charge in [-0.2, -0.15) is 0 Å². The van der Waals surface area contributed by atoms with E-state index >= 15 is 0 Å². The predicted octanol–water partition coefficient (Wildman–Crippen LogP) is 4.67. The van der Waals surface area contributed by atoms with Gasteiger partial charge in [-0.05, 0) is 0 Å². The molecule has 16 heavy (non-hydrogen) atoms. The van der Waals surface area contributed by atoms with Crippen LogP contribution in [0, 0.1) is 0 Å². The first kappa shape index (κ1) is 12.2. The second kappa shape index (κ2) is 3.88. The minimum atomic E-state index is -2.93. The number of allylic oxidation sites excluding steroid dienone is 8. The van der Waals surface area contributed by atoms with Crippen LogP contribution in [0.4, 0.5) is 0 Å². The Bertz CT molecular complexity index is 462. The van der Waals surface area contributed by atoms with E-state index in [1.165, 1.54) is 12.8 Å². The normalized spacial score (nSPS) is 20.1. The van der Waals surface area contributed by atoms with Crippen LogP contribution in [0.3, 0.4) is 0 Å². The van der Waals surface area contributed by atoms with Crippen molar-refractivity contribution in [1.82, 2.24) is 0 Å². The molecular weight excluding hydrogens is 271 g/mol. The summed E-state index contributed by atoms with van der Waals surface area (Å²) in [7, 11) is 0. The van der Waals surface area contributed by atoms with Crippen molar-refractivity contribution in [3.8, 4) is 0 Å². The molecule has 0 aromatic carbocycles. The van der Waals surface area contributed by atoms with E-state index in [1.807, 2.05) is 0 Å². The van der Waals surface area contributed by atoms with Crippen molar-refractivity contribution in [3.63, 3.8) is 0 Å². The van der Waals surface area contributed by atoms with Crippen LogP contribution in [0.15, 0.2) is 43.0 Å². The molecule has 0 unspecified atom stereocenters. The van der Waals surface area contributed by atoms with Crippen molar-refractivity contribution >= 4 is 3.21 Å². The molecule has 0 N–H and O–H groups in total. The maximum absolute atomic E-state index is 2.93. The monoisotopic (exact) mass is 292 g/mol. The first-order chi connectivity index (χ1) is 7.46. The molecule has 0 fully saturated rings. The van der Waals surface area contributed by atoms with Gasteiger partial charge in [0.25, 0.3) is 0 Å². The van der Waals surface area contributed by atoms with Crippen molar-refractivity contribution in [2.45, 2.75) is 36.0 Å². The Labute approximate surface area is 100 Å². The summed E-state index contributed by atoms with van der Waals surface area (Å²) in [5, 5.41) is 0. The van der Waals surface area contributed by atoms with Crippen LogP contribution in [0.5, 0.6) is 0 Å². The van der Waals surface area contributed by atoms with Gasteiger partial charge in [0, 0.05) is 0 Å². The van der Waals surface area contributed by atoms with Crippen LogP contribution in [0.2, 0.25) is 9.26 Å². The van der Waals surface area contributed by atoms with Gasteiger partial charge in [0.2, 0.25) is 0 Å². The molecule has 0 aliphatic heterocycles. The third-order valence-corrected chi connectivity index (χ3v) is 23.6. The van der Waals surface area contributed by atoms with E-state index in [1.54, 1.807) is 9.77 Å². The Kier molecular flexibility index (Phi) is 2.95. The van der Waals surface area contributed by atoms with E-state index in [2.05, 4.69) is 59.6 Å². The zero-order chi connectivity index (χ0) is 11.8. The van der Waals surface area contributed by atoms with Gasteiger partial charge in [-0.3, -0.25) is 0 Å². The first-order valence-corrected chi connectivity index (χ1v) is 14.8. The molecule has 1 heteroatoms. The topological polar surface area (TPSA) is 0 Å². The summed E-state index contributed by atoms with van der Waals surface area (Å²) in [6.07, 6.45) is 16.2. The van der Waals surface area contributed by atoms with Gasteiger partial charge in [0.15, 0.2) is 0 Å². The Hall–Kier alpha value is -0.287. The maximum atomic E-state index is 2.59. The van der Waals surface area contributed by atoms with Gasteiger partial charge < -0.3 is 0 Å². The summed E-state index contributed by atoms with van der Waals surface area (Å²) in [5.41, 5.74) is 0. The molecule has 2 rings (SSSR count). The number of hydrogen-bond acceptors (Lipinski definition) is 0. The fourth-order valence-corrected chi connectivity index (χ4v) is 13.5. The molecule has 86 valence electrons. The molecule has 0 amide bonds. The van der Waals surface area contributed by atoms with Crippen LogP contribution in [0.1, 0.15) is 26.7 Å². The molecule has 0 saturated carbocycles. The second-order valence-corrected chi connectivity index (χ2v) is 23.3. The van der Waals surface area contributed by atoms with Crippen LogP contribution in [-0.2, 0) is 18.3 Å². The molecule has 0 aromatic rings. The fraction of sp³-hybridized carbons (Fsp3) is 0.400. The Morgan fingerprint density at radius 2 is 1.38 bits per heavy atom. The summed E-state index contributed by atoms with van der Waals surface area (Å²) in [5.74, 6) is 0. The summed E-state index contributed by atoms with van der Waals surface area (Å²) in [6.45, 7) is 4.70. The molecule has 0 spiro atoms. The van der Waals surface area contributed by atoms with Gasteiger partial charge in [-0.25, -0.2) is 0 Å². The van der Waals surface area contributed by atoms with Crippen LogP contribution in [-0.4, -0.2) is 3.21 Å². The quantitative estimate of drug-likeness (QED) is 0.694. The third kappa shape index (κ3) is 1.56. The van der Waals surface area contributed by atoms with Gasteiger partial charge >= 0.3 is 100 Å². The van der Waals surface area contributed by atoms with Crippen molar-refractivity contribution in [2.75, 3.05) is 0 Å². The zero-order valence-corrected chi connectivity index (χ0v) is 13.3. The molecule has 0 aromatic heterocycles. The minimum absolute atomic E-state index is 1.18. The van der Waals surface area contributed by atoms with Crippen molar-refractivity contribution in [1.29, 1.82) is 0 Å². The second-order valence-electron chi connectivity index (χ2n) is 6.02. The third-order valence-electron chi connectivity index (χ3n) is 4.97. The fourth-order valence-electron chi connectivity index (χ4n) is 2.86. The predicted molar refractivity (Wildman–Crippen MR) is 71.8 cm³/mol. The van der Waals surface area contributed by atoms with E-state index in [-0.39, 0.29) is 0 Å². The molecule has 0 nitrogen and oxygen atoms in total. The average molecular weight is 294 g/mol. The van der Waals surface area contributed by atoms with Gasteiger partial charge in [0.05, 0.1) is 0 Å². The van der Waals surface area contributed by atoms with E-state index < -0.39 is 18.3 Å². The molecule has 0 saturated heterocycles. The van der Waals surface area contributed by atoms with E-state index in [9.17, 15) is 0 Å². The molecule has 0 radical (unpaired) electrons. The molecule has 2 aliphatic rings. The standard InChI is InChI=1S/2C5H5.C3H6.2CH3.Zr/c2*1-2-4-5-3-1;1-3-2;;;/h2*1-3H,4H2;1-2H3;2*1H3;. The van der Waals surface area contributed by atoms with Gasteiger partial charge in [0.1, 0.15) is 0 Å². The van der Waals surface area contributed by atoms with Crippen molar-refractivity contribution < 1.29 is 18.3 Å². The first-order valence-electron chi connectivity index (χ1n) is 6.18. The Balaban J connectivity index is 2.65. The van der Waals surface area contributed by atoms with E-state index in [4.69, 9.17) is 0 Å². The van der Waals surface area contributed by atoms with Crippen LogP contribution >= 0.6 is 0 Å². The van der Waals surface area contributed by atoms with E-state index in [0.717, 1.165) is 0 Å². The molecule has 0 bridgehead atoms. The Morgan fingerprint density at radius 3 is 1.62 bits per heavy atom. The molecule has 0 heterocycles. The Morgan fingerprint density at radius 1 is 0.938 bits per heavy atom. The summed E-state index contributed by atoms with van der Waals surface area (Å²) >= 11 is -2.93. The van der Waals surface area contributed by atoms with E-state index in [0.29, 0.717) is 0 Å². The zero-order valence-electron chi connectivity index (χ0n) is 10.9. The van der Waals surface area contributed by atoms with Crippen LogP contribution < -0.4 is 0 Å². The van der Waals surface area contributed by atoms with Gasteiger partial charge in [-0.1, -0.05) is 0 Å². The SMILES string of the molecule is C[C](C)=[Zr]([CH3])([CH3])([C]1=CC=CC1)[C]1=CC=CC1. The van der Waals surface area contributed by atoms with Crippen molar-refractivity contribution in [3.05, 3.63) is 43.0 Å². The molecular formula is C15H22Zr.